The number of benzene rings is 1. The Morgan fingerprint density at radius 1 is 1.07 bits per heavy atom. The number of rotatable bonds is 6. The van der Waals surface area contributed by atoms with Crippen molar-refractivity contribution in [3.05, 3.63) is 69.7 Å². The molecular weight excluding hydrogens is 428 g/mol. The summed E-state index contributed by atoms with van der Waals surface area (Å²) >= 11 is 4.96. The van der Waals surface area contributed by atoms with Gasteiger partial charge in [0.05, 0.1) is 12.2 Å². The molecule has 8 heteroatoms. The topological polar surface area (TPSA) is 69.9 Å². The predicted molar refractivity (Wildman–Crippen MR) is 107 cm³/mol. The van der Waals surface area contributed by atoms with Crippen LogP contribution in [-0.4, -0.2) is 19.9 Å². The zero-order valence-corrected chi connectivity index (χ0v) is 17.2. The van der Waals surface area contributed by atoms with Crippen molar-refractivity contribution in [1.82, 2.24) is 19.9 Å². The molecule has 3 heterocycles. The van der Waals surface area contributed by atoms with E-state index >= 15 is 0 Å². The third-order valence-corrected chi connectivity index (χ3v) is 5.64. The van der Waals surface area contributed by atoms with E-state index in [1.807, 2.05) is 44.2 Å². The van der Waals surface area contributed by atoms with Crippen LogP contribution in [0.1, 0.15) is 22.6 Å². The van der Waals surface area contributed by atoms with Crippen molar-refractivity contribution < 1.29 is 8.94 Å². The summed E-state index contributed by atoms with van der Waals surface area (Å²) in [6, 6.07) is 14.0. The summed E-state index contributed by atoms with van der Waals surface area (Å²) < 4.78 is 13.7. The van der Waals surface area contributed by atoms with Crippen molar-refractivity contribution in [3.8, 4) is 11.6 Å². The van der Waals surface area contributed by atoms with Crippen molar-refractivity contribution in [2.24, 2.45) is 0 Å². The summed E-state index contributed by atoms with van der Waals surface area (Å²) in [6.07, 6.45) is 0. The number of halogens is 1. The number of hydrogen-bond acceptors (Lipinski definition) is 6. The maximum Gasteiger partial charge on any atom is 0.200 e. The smallest absolute Gasteiger partial charge is 0.200 e. The molecule has 138 valence electrons. The highest BCUT2D eigenvalue weighted by molar-refractivity contribution is 9.10. The van der Waals surface area contributed by atoms with E-state index in [9.17, 15) is 0 Å². The summed E-state index contributed by atoms with van der Waals surface area (Å²) in [6.45, 7) is 4.54. The summed E-state index contributed by atoms with van der Waals surface area (Å²) in [7, 11) is 0. The minimum Gasteiger partial charge on any atom is -0.446 e. The molecule has 0 radical (unpaired) electrons. The lowest BCUT2D eigenvalue weighted by Gasteiger charge is -2.09. The summed E-state index contributed by atoms with van der Waals surface area (Å²) in [4.78, 5) is 0. The fourth-order valence-corrected chi connectivity index (χ4v) is 4.16. The van der Waals surface area contributed by atoms with Crippen LogP contribution in [0.15, 0.2) is 61.2 Å². The van der Waals surface area contributed by atoms with Gasteiger partial charge in [0, 0.05) is 11.3 Å². The van der Waals surface area contributed by atoms with E-state index in [4.69, 9.17) is 8.94 Å². The van der Waals surface area contributed by atoms with Gasteiger partial charge in [-0.1, -0.05) is 47.3 Å². The molecule has 0 aliphatic carbocycles. The Kier molecular flexibility index (Phi) is 5.18. The molecule has 0 saturated carbocycles. The second-order valence-electron chi connectivity index (χ2n) is 6.07. The van der Waals surface area contributed by atoms with Gasteiger partial charge in [-0.15, -0.1) is 10.2 Å². The Hall–Kier alpha value is -2.32. The van der Waals surface area contributed by atoms with Crippen LogP contribution in [0.25, 0.3) is 11.6 Å². The minimum atomic E-state index is 0.658. The van der Waals surface area contributed by atoms with Gasteiger partial charge in [0.15, 0.2) is 15.6 Å². The van der Waals surface area contributed by atoms with E-state index < -0.39 is 0 Å². The Morgan fingerprint density at radius 2 is 1.89 bits per heavy atom. The number of thioether (sulfide) groups is 1. The van der Waals surface area contributed by atoms with Crippen LogP contribution in [0.5, 0.6) is 0 Å². The molecule has 27 heavy (non-hydrogen) atoms. The van der Waals surface area contributed by atoms with E-state index in [-0.39, 0.29) is 0 Å². The number of hydrogen-bond donors (Lipinski definition) is 0. The number of nitrogens with zero attached hydrogens (tertiary/aromatic N) is 4. The molecule has 0 aliphatic rings. The Balaban J connectivity index is 1.67. The van der Waals surface area contributed by atoms with Gasteiger partial charge in [-0.2, -0.15) is 0 Å². The predicted octanol–water partition coefficient (Wildman–Crippen LogP) is 5.25. The molecular formula is C19H17BrN4O2S. The van der Waals surface area contributed by atoms with Gasteiger partial charge in [0.25, 0.3) is 0 Å². The SMILES string of the molecule is Cc1noc(C)c1CSc1nnc(-c2ccc(Br)o2)n1Cc1ccccc1. The van der Waals surface area contributed by atoms with Crippen molar-refractivity contribution in [3.63, 3.8) is 0 Å². The summed E-state index contributed by atoms with van der Waals surface area (Å²) in [5.74, 6) is 2.93. The van der Waals surface area contributed by atoms with E-state index in [0.29, 0.717) is 22.8 Å². The lowest BCUT2D eigenvalue weighted by Crippen LogP contribution is -2.04. The molecule has 0 unspecified atom stereocenters. The molecule has 0 fully saturated rings. The molecule has 4 aromatic rings. The fourth-order valence-electron chi connectivity index (χ4n) is 2.77. The van der Waals surface area contributed by atoms with Crippen LogP contribution in [0.3, 0.4) is 0 Å². The van der Waals surface area contributed by atoms with Crippen molar-refractivity contribution in [2.45, 2.75) is 31.3 Å². The maximum absolute atomic E-state index is 5.71. The maximum atomic E-state index is 5.71. The van der Waals surface area contributed by atoms with Crippen LogP contribution in [0, 0.1) is 13.8 Å². The highest BCUT2D eigenvalue weighted by atomic mass is 79.9. The second-order valence-corrected chi connectivity index (χ2v) is 7.80. The van der Waals surface area contributed by atoms with Gasteiger partial charge in [0.1, 0.15) is 5.76 Å². The third kappa shape index (κ3) is 3.86. The minimum absolute atomic E-state index is 0.658. The third-order valence-electron chi connectivity index (χ3n) is 4.22. The number of aromatic nitrogens is 4. The first-order chi connectivity index (χ1) is 13.1. The normalized spacial score (nSPS) is 11.2. The lowest BCUT2D eigenvalue weighted by atomic mass is 10.2. The fraction of sp³-hybridized carbons (Fsp3) is 0.211. The molecule has 1 aromatic carbocycles. The Morgan fingerprint density at radius 3 is 2.56 bits per heavy atom. The molecule has 0 aliphatic heterocycles. The first kappa shape index (κ1) is 18.1. The molecule has 0 amide bonds. The lowest BCUT2D eigenvalue weighted by molar-refractivity contribution is 0.392. The van der Waals surface area contributed by atoms with E-state index in [2.05, 4.69) is 48.0 Å². The molecule has 3 aromatic heterocycles. The van der Waals surface area contributed by atoms with Crippen molar-refractivity contribution in [2.75, 3.05) is 0 Å². The van der Waals surface area contributed by atoms with Crippen LogP contribution >= 0.6 is 27.7 Å². The van der Waals surface area contributed by atoms with Crippen molar-refractivity contribution >= 4 is 27.7 Å². The van der Waals surface area contributed by atoms with Gasteiger partial charge >= 0.3 is 0 Å². The van der Waals surface area contributed by atoms with Crippen LogP contribution < -0.4 is 0 Å². The van der Waals surface area contributed by atoms with Gasteiger partial charge in [0.2, 0.25) is 5.82 Å². The number of furan rings is 1. The van der Waals surface area contributed by atoms with E-state index in [0.717, 1.165) is 27.9 Å². The highest BCUT2D eigenvalue weighted by Crippen LogP contribution is 2.30. The van der Waals surface area contributed by atoms with E-state index in [1.165, 1.54) is 5.56 Å². The van der Waals surface area contributed by atoms with Gasteiger partial charge in [-0.25, -0.2) is 0 Å². The monoisotopic (exact) mass is 444 g/mol. The standard InChI is InChI=1S/C19H17BrN4O2S/c1-12-15(13(2)26-23-12)11-27-19-22-21-18(16-8-9-17(20)25-16)24(19)10-14-6-4-3-5-7-14/h3-9H,10-11H2,1-2H3. The average Bonchev–Trinajstić information content (AvgIpc) is 3.35. The summed E-state index contributed by atoms with van der Waals surface area (Å²) in [5, 5.41) is 13.6. The Labute approximate surface area is 169 Å². The van der Waals surface area contributed by atoms with Crippen LogP contribution in [0.4, 0.5) is 0 Å². The molecule has 0 atom stereocenters. The quantitative estimate of drug-likeness (QED) is 0.378. The first-order valence-corrected chi connectivity index (χ1v) is 10.2. The molecule has 0 saturated heterocycles. The van der Waals surface area contributed by atoms with Crippen LogP contribution in [0.2, 0.25) is 0 Å². The first-order valence-electron chi connectivity index (χ1n) is 8.39. The molecule has 0 bridgehead atoms. The van der Waals surface area contributed by atoms with E-state index in [1.54, 1.807) is 11.8 Å². The summed E-state index contributed by atoms with van der Waals surface area (Å²) in [5.41, 5.74) is 3.17. The molecule has 4 rings (SSSR count). The van der Waals surface area contributed by atoms with Gasteiger partial charge in [-0.05, 0) is 47.5 Å². The Bertz CT molecular complexity index is 1040. The molecule has 0 spiro atoms. The van der Waals surface area contributed by atoms with Gasteiger partial charge in [-0.3, -0.25) is 4.57 Å². The zero-order chi connectivity index (χ0) is 18.8. The van der Waals surface area contributed by atoms with Gasteiger partial charge < -0.3 is 8.94 Å². The van der Waals surface area contributed by atoms with Crippen LogP contribution in [-0.2, 0) is 12.3 Å². The average molecular weight is 445 g/mol. The van der Waals surface area contributed by atoms with Crippen molar-refractivity contribution in [1.29, 1.82) is 0 Å². The largest absolute Gasteiger partial charge is 0.446 e. The second kappa shape index (κ2) is 7.74. The number of aryl methyl sites for hydroxylation is 2. The molecule has 6 nitrogen and oxygen atoms in total. The highest BCUT2D eigenvalue weighted by Gasteiger charge is 2.19. The molecule has 0 N–H and O–H groups in total. The zero-order valence-electron chi connectivity index (χ0n) is 14.8.